The van der Waals surface area contributed by atoms with Crippen molar-refractivity contribution in [3.8, 4) is 5.69 Å². The lowest BCUT2D eigenvalue weighted by Gasteiger charge is -2.21. The molecule has 0 radical (unpaired) electrons. The van der Waals surface area contributed by atoms with Crippen LogP contribution in [0.1, 0.15) is 30.4 Å². The Hall–Kier alpha value is -5.90. The molecule has 2 aliphatic rings. The second-order valence-corrected chi connectivity index (χ2v) is 14.3. The average molecular weight is 659 g/mol. The van der Waals surface area contributed by atoms with Gasteiger partial charge in [0.15, 0.2) is 0 Å². The van der Waals surface area contributed by atoms with Crippen LogP contribution in [-0.2, 0) is 0 Å². The van der Waals surface area contributed by atoms with Gasteiger partial charge in [0.2, 0.25) is 0 Å². The maximum Gasteiger partial charge on any atom is 0.0609 e. The summed E-state index contributed by atoms with van der Waals surface area (Å²) in [7, 11) is 0. The van der Waals surface area contributed by atoms with Crippen LogP contribution in [0.3, 0.4) is 0 Å². The third-order valence-electron chi connectivity index (χ3n) is 10.5. The smallest absolute Gasteiger partial charge is 0.0609 e. The van der Waals surface area contributed by atoms with Gasteiger partial charge >= 0.3 is 0 Å². The topological polar surface area (TPSA) is 17.0 Å². The van der Waals surface area contributed by atoms with E-state index in [9.17, 15) is 0 Å². The molecule has 1 N–H and O–H groups in total. The largest absolute Gasteiger partial charge is 0.357 e. The van der Waals surface area contributed by atoms with Crippen LogP contribution >= 0.6 is 11.3 Å². The van der Waals surface area contributed by atoms with Crippen LogP contribution in [0, 0.1) is 0 Å². The minimum Gasteiger partial charge on any atom is -0.357 e. The highest BCUT2D eigenvalue weighted by Gasteiger charge is 2.34. The molecule has 0 amide bonds. The van der Waals surface area contributed by atoms with Gasteiger partial charge in [0, 0.05) is 43.5 Å². The van der Waals surface area contributed by atoms with Gasteiger partial charge in [0.05, 0.1) is 21.4 Å². The van der Waals surface area contributed by atoms with Crippen molar-refractivity contribution in [1.82, 2.24) is 4.57 Å². The van der Waals surface area contributed by atoms with E-state index in [1.165, 1.54) is 97.3 Å². The number of rotatable bonds is 2. The number of hydrogen-bond acceptors (Lipinski definition) is 2. The molecule has 1 aliphatic carbocycles. The number of benzene rings is 7. The van der Waals surface area contributed by atoms with Crippen LogP contribution < -0.4 is 5.32 Å². The number of nitrogens with one attached hydrogen (secondary N) is 1. The van der Waals surface area contributed by atoms with Crippen LogP contribution in [0.2, 0.25) is 0 Å². The summed E-state index contributed by atoms with van der Waals surface area (Å²) in [6, 6.07) is 49.1. The molecular weight excluding hydrogens is 625 g/mol. The van der Waals surface area contributed by atoms with Crippen LogP contribution in [0.4, 0.5) is 5.69 Å². The molecule has 3 heteroatoms. The van der Waals surface area contributed by atoms with E-state index < -0.39 is 0 Å². The van der Waals surface area contributed by atoms with Crippen molar-refractivity contribution in [2.75, 3.05) is 5.32 Å². The Kier molecular flexibility index (Phi) is 6.59. The first-order chi connectivity index (χ1) is 24.7. The fourth-order valence-corrected chi connectivity index (χ4v) is 9.79. The quantitative estimate of drug-likeness (QED) is 0.183. The fourth-order valence-electron chi connectivity index (χ4n) is 8.42. The summed E-state index contributed by atoms with van der Waals surface area (Å²) < 4.78 is 5.17. The van der Waals surface area contributed by atoms with Gasteiger partial charge in [0.25, 0.3) is 0 Å². The van der Waals surface area contributed by atoms with Crippen molar-refractivity contribution in [1.29, 1.82) is 0 Å². The minimum absolute atomic E-state index is 0.289. The van der Waals surface area contributed by atoms with Gasteiger partial charge in [-0.05, 0) is 81.9 Å². The molecule has 0 spiro atoms. The van der Waals surface area contributed by atoms with E-state index in [4.69, 9.17) is 0 Å². The summed E-state index contributed by atoms with van der Waals surface area (Å²) in [5.74, 6) is 0.289. The van der Waals surface area contributed by atoms with Crippen molar-refractivity contribution in [3.05, 3.63) is 175 Å². The van der Waals surface area contributed by atoms with E-state index in [1.807, 2.05) is 18.3 Å². The molecule has 9 aromatic rings. The summed E-state index contributed by atoms with van der Waals surface area (Å²) >= 11 is 1.95. The van der Waals surface area contributed by atoms with Gasteiger partial charge in [-0.2, -0.15) is 0 Å². The zero-order valence-corrected chi connectivity index (χ0v) is 28.6. The maximum absolute atomic E-state index is 3.95. The Morgan fingerprint density at radius 3 is 2.18 bits per heavy atom. The van der Waals surface area contributed by atoms with Crippen LogP contribution in [0.5, 0.6) is 0 Å². The van der Waals surface area contributed by atoms with Gasteiger partial charge in [-0.15, -0.1) is 17.9 Å². The van der Waals surface area contributed by atoms with Crippen LogP contribution in [0.25, 0.3) is 74.8 Å². The first-order valence-electron chi connectivity index (χ1n) is 17.4. The lowest BCUT2D eigenvalue weighted by molar-refractivity contribution is 0.856. The highest BCUT2D eigenvalue weighted by Crippen LogP contribution is 2.55. The molecule has 0 saturated heterocycles. The average Bonchev–Trinajstić information content (AvgIpc) is 3.85. The molecule has 0 fully saturated rings. The first kappa shape index (κ1) is 29.1. The Bertz CT molecular complexity index is 2900. The molecule has 0 saturated carbocycles. The summed E-state index contributed by atoms with van der Waals surface area (Å²) in [5, 5.41) is 14.6. The Labute approximate surface area is 294 Å². The van der Waals surface area contributed by atoms with Gasteiger partial charge in [-0.1, -0.05) is 121 Å². The minimum atomic E-state index is 0.289. The molecule has 0 bridgehead atoms. The molecule has 2 nitrogen and oxygen atoms in total. The monoisotopic (exact) mass is 658 g/mol. The standard InChI is InChI=1S/C44H28N2S.C3H6/c1-2-11-29(12-3-1)46-38-17-9-8-14-31(38)32-21-19-28(25-39(32)46)27-20-23-37-36(24-27)40-33-15-6-7-16-34(33)41-35-22-18-26-10-4-5-13-30(26)43(35)47-44(41)42(40)45-37;1-3-2/h1-23,25,36,45H,24H2;3H,1H2,2H3. The highest BCUT2D eigenvalue weighted by atomic mass is 32.1. The van der Waals surface area contributed by atoms with Gasteiger partial charge < -0.3 is 9.88 Å². The number of aromatic nitrogens is 1. The van der Waals surface area contributed by atoms with E-state index in [-0.39, 0.29) is 5.92 Å². The molecule has 11 rings (SSSR count). The Morgan fingerprint density at radius 2 is 1.34 bits per heavy atom. The van der Waals surface area contributed by atoms with E-state index in [2.05, 4.69) is 162 Å². The summed E-state index contributed by atoms with van der Waals surface area (Å²) in [4.78, 5) is 0. The van der Waals surface area contributed by atoms with Crippen molar-refractivity contribution >= 4 is 86.1 Å². The SMILES string of the molecule is C1=C(c2ccc3c4ccccc4n(-c4ccccc4)c3c2)CC2C(=C1)Nc1c2c2ccccc2c2c1sc1c3ccccc3ccc12.C=CC. The lowest BCUT2D eigenvalue weighted by atomic mass is 9.82. The predicted octanol–water partition coefficient (Wildman–Crippen LogP) is 13.5. The van der Waals surface area contributed by atoms with Gasteiger partial charge in [-0.3, -0.25) is 0 Å². The third kappa shape index (κ3) is 4.20. The second kappa shape index (κ2) is 11.3. The van der Waals surface area contributed by atoms with Crippen LogP contribution in [-0.4, -0.2) is 4.57 Å². The highest BCUT2D eigenvalue weighted by molar-refractivity contribution is 7.27. The number of para-hydroxylation sites is 2. The molecular formula is C47H34N2S. The van der Waals surface area contributed by atoms with E-state index in [1.54, 1.807) is 6.08 Å². The molecule has 50 heavy (non-hydrogen) atoms. The van der Waals surface area contributed by atoms with E-state index >= 15 is 0 Å². The van der Waals surface area contributed by atoms with E-state index in [0.717, 1.165) is 6.42 Å². The van der Waals surface area contributed by atoms with Crippen molar-refractivity contribution in [2.45, 2.75) is 19.3 Å². The molecule has 3 heterocycles. The molecule has 7 aromatic carbocycles. The molecule has 238 valence electrons. The van der Waals surface area contributed by atoms with Crippen molar-refractivity contribution in [2.24, 2.45) is 0 Å². The summed E-state index contributed by atoms with van der Waals surface area (Å²) in [6.45, 7) is 5.25. The van der Waals surface area contributed by atoms with E-state index in [0.29, 0.717) is 0 Å². The summed E-state index contributed by atoms with van der Waals surface area (Å²) in [6.07, 6.45) is 7.40. The van der Waals surface area contributed by atoms with Crippen LogP contribution in [0.15, 0.2) is 164 Å². The molecule has 2 aromatic heterocycles. The number of thiophene rings is 1. The Morgan fingerprint density at radius 1 is 0.660 bits per heavy atom. The zero-order chi connectivity index (χ0) is 33.3. The first-order valence-corrected chi connectivity index (χ1v) is 18.2. The molecule has 1 unspecified atom stereocenters. The number of anilines is 1. The zero-order valence-electron chi connectivity index (χ0n) is 27.8. The Balaban J connectivity index is 0.00000102. The fraction of sp³-hybridized carbons (Fsp3) is 0.0638. The van der Waals surface area contributed by atoms with Crippen molar-refractivity contribution in [3.63, 3.8) is 0 Å². The molecule has 1 atom stereocenters. The summed E-state index contributed by atoms with van der Waals surface area (Å²) in [5.41, 5.74) is 10.4. The number of hydrogen-bond donors (Lipinski definition) is 1. The maximum atomic E-state index is 3.95. The second-order valence-electron chi connectivity index (χ2n) is 13.3. The molecule has 1 aliphatic heterocycles. The number of fused-ring (bicyclic) bond motifs is 15. The van der Waals surface area contributed by atoms with Crippen molar-refractivity contribution < 1.29 is 0 Å². The van der Waals surface area contributed by atoms with Gasteiger partial charge in [0.1, 0.15) is 0 Å². The van der Waals surface area contributed by atoms with Gasteiger partial charge in [-0.25, -0.2) is 0 Å². The normalized spacial score (nSPS) is 15.1. The third-order valence-corrected chi connectivity index (χ3v) is 11.8. The predicted molar refractivity (Wildman–Crippen MR) is 218 cm³/mol. The number of nitrogens with zero attached hydrogens (tertiary/aromatic N) is 1. The number of allylic oxidation sites excluding steroid dienone is 5. The lowest BCUT2D eigenvalue weighted by Crippen LogP contribution is -2.05.